The first-order chi connectivity index (χ1) is 8.69. The molecule has 0 amide bonds. The van der Waals surface area contributed by atoms with Crippen LogP contribution in [0.25, 0.3) is 11.1 Å². The Bertz CT molecular complexity index is 510. The highest BCUT2D eigenvalue weighted by Crippen LogP contribution is 2.16. The van der Waals surface area contributed by atoms with Gasteiger partial charge >= 0.3 is 0 Å². The van der Waals surface area contributed by atoms with Crippen LogP contribution in [0.2, 0.25) is 0 Å². The fourth-order valence-corrected chi connectivity index (χ4v) is 1.83. The number of aliphatic hydroxyl groups is 1. The molecule has 1 aromatic carbocycles. The molecule has 0 saturated carbocycles. The lowest BCUT2D eigenvalue weighted by Gasteiger charge is -2.08. The van der Waals surface area contributed by atoms with Crippen molar-refractivity contribution in [1.29, 1.82) is 0 Å². The molecule has 2 rings (SSSR count). The van der Waals surface area contributed by atoms with E-state index in [4.69, 9.17) is 10.2 Å². The average Bonchev–Trinajstić information content (AvgIpc) is 2.73. The molecule has 1 atom stereocenters. The number of benzene rings is 1. The molecule has 2 aromatic rings. The van der Waals surface area contributed by atoms with E-state index in [1.54, 1.807) is 0 Å². The molecule has 98 valence electrons. The van der Waals surface area contributed by atoms with Gasteiger partial charge in [-0.1, -0.05) is 6.07 Å². The molecule has 1 unspecified atom stereocenters. The van der Waals surface area contributed by atoms with Crippen molar-refractivity contribution in [3.8, 4) is 0 Å². The van der Waals surface area contributed by atoms with Gasteiger partial charge < -0.3 is 20.6 Å². The molecule has 0 bridgehead atoms. The number of aryl methyl sites for hydroxylation is 1. The van der Waals surface area contributed by atoms with Gasteiger partial charge in [0.05, 0.1) is 6.10 Å². The van der Waals surface area contributed by atoms with E-state index < -0.39 is 6.10 Å². The summed E-state index contributed by atoms with van der Waals surface area (Å²) in [6.45, 7) is 3.47. The van der Waals surface area contributed by atoms with Gasteiger partial charge in [0.1, 0.15) is 5.52 Å². The number of fused-ring (bicyclic) bond motifs is 1. The van der Waals surface area contributed by atoms with Gasteiger partial charge in [-0.25, -0.2) is 4.98 Å². The fraction of sp³-hybridized carbons (Fsp3) is 0.462. The number of aromatic nitrogens is 1. The molecule has 0 aliphatic carbocycles. The zero-order valence-corrected chi connectivity index (χ0v) is 10.5. The van der Waals surface area contributed by atoms with Crippen LogP contribution in [-0.4, -0.2) is 35.8 Å². The molecule has 4 N–H and O–H groups in total. The SMILES string of the molecule is Cc1nc2cc(CCNCC(O)CN)ccc2o1. The summed E-state index contributed by atoms with van der Waals surface area (Å²) in [6, 6.07) is 6.01. The first-order valence-corrected chi connectivity index (χ1v) is 6.14. The minimum absolute atomic E-state index is 0.289. The summed E-state index contributed by atoms with van der Waals surface area (Å²) >= 11 is 0. The topological polar surface area (TPSA) is 84.3 Å². The van der Waals surface area contributed by atoms with Gasteiger partial charge in [-0.3, -0.25) is 0 Å². The number of nitrogens with zero attached hydrogens (tertiary/aromatic N) is 1. The molecule has 0 radical (unpaired) electrons. The van der Waals surface area contributed by atoms with Crippen LogP contribution in [0.1, 0.15) is 11.5 Å². The number of nitrogens with two attached hydrogens (primary N) is 1. The lowest BCUT2D eigenvalue weighted by atomic mass is 10.1. The molecule has 5 nitrogen and oxygen atoms in total. The van der Waals surface area contributed by atoms with Gasteiger partial charge in [0.2, 0.25) is 0 Å². The molecule has 1 aromatic heterocycles. The number of aliphatic hydroxyl groups excluding tert-OH is 1. The zero-order chi connectivity index (χ0) is 13.0. The Hall–Kier alpha value is -1.43. The highest BCUT2D eigenvalue weighted by molar-refractivity contribution is 5.73. The molecule has 0 aliphatic rings. The second-order valence-corrected chi connectivity index (χ2v) is 4.38. The third-order valence-corrected chi connectivity index (χ3v) is 2.80. The van der Waals surface area contributed by atoms with Gasteiger partial charge in [0.25, 0.3) is 0 Å². The Morgan fingerprint density at radius 2 is 2.33 bits per heavy atom. The summed E-state index contributed by atoms with van der Waals surface area (Å²) in [7, 11) is 0. The van der Waals surface area contributed by atoms with Crippen LogP contribution in [0.15, 0.2) is 22.6 Å². The maximum absolute atomic E-state index is 9.29. The third-order valence-electron chi connectivity index (χ3n) is 2.80. The Balaban J connectivity index is 1.87. The largest absolute Gasteiger partial charge is 0.441 e. The zero-order valence-electron chi connectivity index (χ0n) is 10.5. The quantitative estimate of drug-likeness (QED) is 0.652. The van der Waals surface area contributed by atoms with Crippen LogP contribution >= 0.6 is 0 Å². The Morgan fingerprint density at radius 1 is 1.50 bits per heavy atom. The van der Waals surface area contributed by atoms with Crippen molar-refractivity contribution in [2.24, 2.45) is 5.73 Å². The summed E-state index contributed by atoms with van der Waals surface area (Å²) in [6.07, 6.45) is 0.421. The standard InChI is InChI=1S/C13H19N3O2/c1-9-16-12-6-10(2-3-13(12)18-9)4-5-15-8-11(17)7-14/h2-3,6,11,15,17H,4-5,7-8,14H2,1H3. The molecule has 5 heteroatoms. The minimum atomic E-state index is -0.467. The Kier molecular flexibility index (Phi) is 4.30. The van der Waals surface area contributed by atoms with Crippen LogP contribution < -0.4 is 11.1 Å². The van der Waals surface area contributed by atoms with Crippen molar-refractivity contribution < 1.29 is 9.52 Å². The second-order valence-electron chi connectivity index (χ2n) is 4.38. The van der Waals surface area contributed by atoms with Crippen LogP contribution in [0.3, 0.4) is 0 Å². The van der Waals surface area contributed by atoms with E-state index in [0.717, 1.165) is 24.1 Å². The second kappa shape index (κ2) is 5.95. The van der Waals surface area contributed by atoms with E-state index in [-0.39, 0.29) is 6.54 Å². The number of nitrogens with one attached hydrogen (secondary N) is 1. The van der Waals surface area contributed by atoms with Crippen molar-refractivity contribution in [2.75, 3.05) is 19.6 Å². The van der Waals surface area contributed by atoms with Gasteiger partial charge in [-0.05, 0) is 30.7 Å². The van der Waals surface area contributed by atoms with Crippen molar-refractivity contribution in [1.82, 2.24) is 10.3 Å². The fourth-order valence-electron chi connectivity index (χ4n) is 1.83. The Labute approximate surface area is 106 Å². The molecule has 0 fully saturated rings. The maximum atomic E-state index is 9.29. The van der Waals surface area contributed by atoms with Gasteiger partial charge in [-0.15, -0.1) is 0 Å². The first kappa shape index (κ1) is 13.0. The van der Waals surface area contributed by atoms with Crippen LogP contribution in [0.5, 0.6) is 0 Å². The minimum Gasteiger partial charge on any atom is -0.441 e. The highest BCUT2D eigenvalue weighted by Gasteiger charge is 2.03. The van der Waals surface area contributed by atoms with Crippen LogP contribution in [-0.2, 0) is 6.42 Å². The normalized spacial score (nSPS) is 13.1. The van der Waals surface area contributed by atoms with E-state index in [0.29, 0.717) is 12.4 Å². The molecule has 18 heavy (non-hydrogen) atoms. The molecule has 0 spiro atoms. The van der Waals surface area contributed by atoms with Gasteiger partial charge in [0, 0.05) is 20.0 Å². The maximum Gasteiger partial charge on any atom is 0.192 e. The van der Waals surface area contributed by atoms with E-state index in [1.165, 1.54) is 5.56 Å². The van der Waals surface area contributed by atoms with Crippen LogP contribution in [0, 0.1) is 6.92 Å². The summed E-state index contributed by atoms with van der Waals surface area (Å²) in [5, 5.41) is 12.5. The molecule has 0 aliphatic heterocycles. The lowest BCUT2D eigenvalue weighted by molar-refractivity contribution is 0.180. The monoisotopic (exact) mass is 249 g/mol. The highest BCUT2D eigenvalue weighted by atomic mass is 16.3. The summed E-state index contributed by atoms with van der Waals surface area (Å²) < 4.78 is 5.42. The molecular weight excluding hydrogens is 230 g/mol. The average molecular weight is 249 g/mol. The summed E-state index contributed by atoms with van der Waals surface area (Å²) in [4.78, 5) is 4.30. The van der Waals surface area contributed by atoms with E-state index in [2.05, 4.69) is 10.3 Å². The van der Waals surface area contributed by atoms with Gasteiger partial charge in [0.15, 0.2) is 11.5 Å². The van der Waals surface area contributed by atoms with Crippen molar-refractivity contribution in [3.63, 3.8) is 0 Å². The Morgan fingerprint density at radius 3 is 3.11 bits per heavy atom. The smallest absolute Gasteiger partial charge is 0.192 e. The van der Waals surface area contributed by atoms with Crippen molar-refractivity contribution >= 4 is 11.1 Å². The van der Waals surface area contributed by atoms with Crippen LogP contribution in [0.4, 0.5) is 0 Å². The molecular formula is C13H19N3O2. The predicted octanol–water partition coefficient (Wildman–Crippen LogP) is 0.588. The summed E-state index contributed by atoms with van der Waals surface area (Å²) in [5.74, 6) is 0.686. The number of hydrogen-bond donors (Lipinski definition) is 3. The number of rotatable bonds is 6. The third kappa shape index (κ3) is 3.29. The molecule has 0 saturated heterocycles. The van der Waals surface area contributed by atoms with Crippen molar-refractivity contribution in [2.45, 2.75) is 19.4 Å². The van der Waals surface area contributed by atoms with E-state index in [9.17, 15) is 5.11 Å². The van der Waals surface area contributed by atoms with E-state index in [1.807, 2.05) is 25.1 Å². The number of oxazole rings is 1. The predicted molar refractivity (Wildman–Crippen MR) is 70.4 cm³/mol. The first-order valence-electron chi connectivity index (χ1n) is 6.14. The number of hydrogen-bond acceptors (Lipinski definition) is 5. The molecule has 1 heterocycles. The summed E-state index contributed by atoms with van der Waals surface area (Å²) in [5.41, 5.74) is 8.24. The van der Waals surface area contributed by atoms with Crippen molar-refractivity contribution in [3.05, 3.63) is 29.7 Å². The lowest BCUT2D eigenvalue weighted by Crippen LogP contribution is -2.33. The van der Waals surface area contributed by atoms with E-state index >= 15 is 0 Å². The van der Waals surface area contributed by atoms with Gasteiger partial charge in [-0.2, -0.15) is 0 Å².